The number of halogens is 1. The third kappa shape index (κ3) is 1.83. The number of nitrogens with one attached hydrogen (secondary N) is 1. The third-order valence-electron chi connectivity index (χ3n) is 2.47. The van der Waals surface area contributed by atoms with E-state index in [0.717, 1.165) is 20.9 Å². The molecular weight excluding hydrogens is 272 g/mol. The quantitative estimate of drug-likeness (QED) is 0.829. The van der Waals surface area contributed by atoms with Gasteiger partial charge in [-0.15, -0.1) is 0 Å². The Labute approximate surface area is 101 Å². The van der Waals surface area contributed by atoms with Crippen molar-refractivity contribution in [2.45, 2.75) is 6.04 Å². The average Bonchev–Trinajstić information content (AvgIpc) is 2.69. The molecule has 0 unspecified atom stereocenters. The van der Waals surface area contributed by atoms with Gasteiger partial charge in [-0.1, -0.05) is 15.9 Å². The molecule has 0 aliphatic rings. The van der Waals surface area contributed by atoms with Crippen LogP contribution in [0.15, 0.2) is 28.9 Å². The molecule has 0 radical (unpaired) electrons. The van der Waals surface area contributed by atoms with E-state index in [4.69, 9.17) is 5.73 Å². The molecule has 1 heterocycles. The largest absolute Gasteiger partial charge is 0.468 e. The van der Waals surface area contributed by atoms with E-state index < -0.39 is 12.0 Å². The number of fused-ring (bicyclic) bond motifs is 1. The lowest BCUT2D eigenvalue weighted by Crippen LogP contribution is -2.22. The number of aromatic amines is 1. The first kappa shape index (κ1) is 11.2. The Bertz CT molecular complexity index is 536. The Morgan fingerprint density at radius 2 is 2.31 bits per heavy atom. The fraction of sp³-hybridized carbons (Fsp3) is 0.182. The molecule has 84 valence electrons. The van der Waals surface area contributed by atoms with Gasteiger partial charge in [0.2, 0.25) is 0 Å². The van der Waals surface area contributed by atoms with Crippen LogP contribution >= 0.6 is 15.9 Å². The minimum absolute atomic E-state index is 0.444. The van der Waals surface area contributed by atoms with Crippen molar-refractivity contribution in [2.24, 2.45) is 5.73 Å². The van der Waals surface area contributed by atoms with E-state index in [2.05, 4.69) is 25.7 Å². The lowest BCUT2D eigenvalue weighted by atomic mass is 10.1. The summed E-state index contributed by atoms with van der Waals surface area (Å²) in [4.78, 5) is 14.4. The average molecular weight is 283 g/mol. The number of carbonyl (C=O) groups is 1. The highest BCUT2D eigenvalue weighted by molar-refractivity contribution is 9.10. The smallest absolute Gasteiger partial charge is 0.327 e. The normalized spacial score (nSPS) is 12.7. The molecule has 5 heteroatoms. The number of benzene rings is 1. The Balaban J connectivity index is 2.52. The SMILES string of the molecule is COC(=O)[C@@H](N)c1c[nH]c2ccc(Br)cc12. The summed E-state index contributed by atoms with van der Waals surface area (Å²) in [5.41, 5.74) is 7.48. The third-order valence-corrected chi connectivity index (χ3v) is 2.96. The molecule has 0 spiro atoms. The highest BCUT2D eigenvalue weighted by Gasteiger charge is 2.19. The number of H-pyrrole nitrogens is 1. The summed E-state index contributed by atoms with van der Waals surface area (Å²) in [5.74, 6) is -0.444. The van der Waals surface area contributed by atoms with Gasteiger partial charge in [0.05, 0.1) is 7.11 Å². The van der Waals surface area contributed by atoms with E-state index in [1.54, 1.807) is 6.20 Å². The van der Waals surface area contributed by atoms with Crippen LogP contribution in [-0.2, 0) is 9.53 Å². The number of ether oxygens (including phenoxy) is 1. The first-order chi connectivity index (χ1) is 7.63. The van der Waals surface area contributed by atoms with E-state index in [9.17, 15) is 4.79 Å². The minimum atomic E-state index is -0.756. The van der Waals surface area contributed by atoms with E-state index in [0.29, 0.717) is 0 Å². The van der Waals surface area contributed by atoms with Crippen molar-refractivity contribution in [1.82, 2.24) is 4.98 Å². The molecule has 1 atom stereocenters. The molecular formula is C11H11BrN2O2. The Hall–Kier alpha value is -1.33. The number of rotatable bonds is 2. The highest BCUT2D eigenvalue weighted by atomic mass is 79.9. The number of carbonyl (C=O) groups excluding carboxylic acids is 1. The van der Waals surface area contributed by atoms with Gasteiger partial charge in [-0.25, -0.2) is 0 Å². The number of hydrogen-bond acceptors (Lipinski definition) is 3. The van der Waals surface area contributed by atoms with E-state index in [1.807, 2.05) is 18.2 Å². The van der Waals surface area contributed by atoms with Crippen LogP contribution in [0.3, 0.4) is 0 Å². The van der Waals surface area contributed by atoms with E-state index in [-0.39, 0.29) is 0 Å². The topological polar surface area (TPSA) is 68.1 Å². The second-order valence-corrected chi connectivity index (χ2v) is 4.35. The van der Waals surface area contributed by atoms with Crippen LogP contribution in [0.1, 0.15) is 11.6 Å². The summed E-state index contributed by atoms with van der Waals surface area (Å²) in [7, 11) is 1.33. The maximum absolute atomic E-state index is 11.4. The highest BCUT2D eigenvalue weighted by Crippen LogP contribution is 2.26. The van der Waals surface area contributed by atoms with Crippen molar-refractivity contribution in [2.75, 3.05) is 7.11 Å². The molecule has 0 amide bonds. The second kappa shape index (κ2) is 4.27. The molecule has 4 nitrogen and oxygen atoms in total. The molecule has 1 aromatic carbocycles. The van der Waals surface area contributed by atoms with Gasteiger partial charge in [-0.05, 0) is 18.2 Å². The van der Waals surface area contributed by atoms with E-state index in [1.165, 1.54) is 7.11 Å². The number of aromatic nitrogens is 1. The maximum atomic E-state index is 11.4. The summed E-state index contributed by atoms with van der Waals surface area (Å²) in [5, 5.41) is 0.923. The summed E-state index contributed by atoms with van der Waals surface area (Å²) in [6.07, 6.45) is 1.73. The van der Waals surface area contributed by atoms with E-state index >= 15 is 0 Å². The Kier molecular flexibility index (Phi) is 2.98. The molecule has 0 bridgehead atoms. The minimum Gasteiger partial charge on any atom is -0.468 e. The first-order valence-corrected chi connectivity index (χ1v) is 5.52. The summed E-state index contributed by atoms with van der Waals surface area (Å²) in [6, 6.07) is 5.01. The van der Waals surface area contributed by atoms with Crippen LogP contribution in [-0.4, -0.2) is 18.1 Å². The van der Waals surface area contributed by atoms with Crippen molar-refractivity contribution in [3.05, 3.63) is 34.4 Å². The van der Waals surface area contributed by atoms with Gasteiger partial charge in [0, 0.05) is 27.1 Å². The molecule has 0 saturated carbocycles. The van der Waals surface area contributed by atoms with Gasteiger partial charge in [0.25, 0.3) is 0 Å². The Morgan fingerprint density at radius 1 is 1.56 bits per heavy atom. The van der Waals surface area contributed by atoms with Gasteiger partial charge in [0.15, 0.2) is 0 Å². The van der Waals surface area contributed by atoms with Crippen molar-refractivity contribution in [1.29, 1.82) is 0 Å². The predicted molar refractivity (Wildman–Crippen MR) is 64.9 cm³/mol. The van der Waals surface area contributed by atoms with Crippen LogP contribution < -0.4 is 5.73 Å². The zero-order chi connectivity index (χ0) is 11.7. The van der Waals surface area contributed by atoms with Crippen molar-refractivity contribution in [3.8, 4) is 0 Å². The molecule has 0 fully saturated rings. The second-order valence-electron chi connectivity index (χ2n) is 3.43. The number of hydrogen-bond donors (Lipinski definition) is 2. The monoisotopic (exact) mass is 282 g/mol. The molecule has 16 heavy (non-hydrogen) atoms. The zero-order valence-electron chi connectivity index (χ0n) is 8.66. The molecule has 2 rings (SSSR count). The summed E-state index contributed by atoms with van der Waals surface area (Å²) < 4.78 is 5.57. The maximum Gasteiger partial charge on any atom is 0.327 e. The number of nitrogens with two attached hydrogens (primary N) is 1. The van der Waals surface area contributed by atoms with Gasteiger partial charge in [0.1, 0.15) is 6.04 Å². The van der Waals surface area contributed by atoms with Gasteiger partial charge in [-0.2, -0.15) is 0 Å². The van der Waals surface area contributed by atoms with Crippen LogP contribution in [0, 0.1) is 0 Å². The summed E-state index contributed by atoms with van der Waals surface area (Å²) in [6.45, 7) is 0. The first-order valence-electron chi connectivity index (χ1n) is 4.73. The van der Waals surface area contributed by atoms with Gasteiger partial charge < -0.3 is 15.5 Å². The molecule has 1 aromatic heterocycles. The predicted octanol–water partition coefficient (Wildman–Crippen LogP) is 2.10. The molecule has 3 N–H and O–H groups in total. The van der Waals surface area contributed by atoms with Crippen LogP contribution in [0.25, 0.3) is 10.9 Å². The number of methoxy groups -OCH3 is 1. The molecule has 0 aliphatic carbocycles. The molecule has 0 aliphatic heterocycles. The fourth-order valence-electron chi connectivity index (χ4n) is 1.63. The number of esters is 1. The van der Waals surface area contributed by atoms with Crippen molar-refractivity contribution >= 4 is 32.8 Å². The molecule has 0 saturated heterocycles. The van der Waals surface area contributed by atoms with Crippen molar-refractivity contribution < 1.29 is 9.53 Å². The van der Waals surface area contributed by atoms with Crippen LogP contribution in [0.4, 0.5) is 0 Å². The lowest BCUT2D eigenvalue weighted by Gasteiger charge is -2.07. The van der Waals surface area contributed by atoms with Crippen LogP contribution in [0.2, 0.25) is 0 Å². The fourth-order valence-corrected chi connectivity index (χ4v) is 1.99. The van der Waals surface area contributed by atoms with Crippen LogP contribution in [0.5, 0.6) is 0 Å². The Morgan fingerprint density at radius 3 is 3.00 bits per heavy atom. The van der Waals surface area contributed by atoms with Gasteiger partial charge >= 0.3 is 5.97 Å². The zero-order valence-corrected chi connectivity index (χ0v) is 10.2. The molecule has 2 aromatic rings. The lowest BCUT2D eigenvalue weighted by molar-refractivity contribution is -0.142. The summed E-state index contributed by atoms with van der Waals surface area (Å²) >= 11 is 3.38. The standard InChI is InChI=1S/C11H11BrN2O2/c1-16-11(15)10(13)8-5-14-9-3-2-6(12)4-7(8)9/h2-5,10,14H,13H2,1H3/t10-/m0/s1. The van der Waals surface area contributed by atoms with Crippen molar-refractivity contribution in [3.63, 3.8) is 0 Å². The van der Waals surface area contributed by atoms with Gasteiger partial charge in [-0.3, -0.25) is 4.79 Å².